The monoisotopic (exact) mass is 657 g/mol. The molecule has 3 aromatic rings. The number of halogens is 4. The van der Waals surface area contributed by atoms with Gasteiger partial charge in [-0.1, -0.05) is 96.1 Å². The van der Waals surface area contributed by atoms with Crippen molar-refractivity contribution in [2.75, 3.05) is 23.7 Å². The smallest absolute Gasteiger partial charge is 0.244 e. The Morgan fingerprint density at radius 3 is 2.12 bits per heavy atom. The van der Waals surface area contributed by atoms with Gasteiger partial charge in [-0.2, -0.15) is 0 Å². The van der Waals surface area contributed by atoms with Gasteiger partial charge < -0.3 is 10.2 Å². The van der Waals surface area contributed by atoms with E-state index in [1.165, 1.54) is 23.1 Å². The molecule has 2 amide bonds. The van der Waals surface area contributed by atoms with Crippen LogP contribution < -0.4 is 9.62 Å². The van der Waals surface area contributed by atoms with Gasteiger partial charge in [0, 0.05) is 29.6 Å². The molecule has 0 radical (unpaired) electrons. The van der Waals surface area contributed by atoms with Gasteiger partial charge >= 0.3 is 0 Å². The Labute approximate surface area is 261 Å². The van der Waals surface area contributed by atoms with Crippen LogP contribution >= 0.6 is 46.4 Å². The number of benzene rings is 3. The summed E-state index contributed by atoms with van der Waals surface area (Å²) in [5, 5.41) is 3.97. The van der Waals surface area contributed by atoms with Crippen LogP contribution in [0.3, 0.4) is 0 Å². The van der Waals surface area contributed by atoms with E-state index in [0.717, 1.165) is 29.0 Å². The van der Waals surface area contributed by atoms with Crippen molar-refractivity contribution in [2.24, 2.45) is 0 Å². The summed E-state index contributed by atoms with van der Waals surface area (Å²) >= 11 is 24.7. The van der Waals surface area contributed by atoms with Gasteiger partial charge in [-0.3, -0.25) is 13.9 Å². The zero-order valence-electron chi connectivity index (χ0n) is 22.6. The maximum Gasteiger partial charge on any atom is 0.244 e. The third-order valence-electron chi connectivity index (χ3n) is 6.25. The molecule has 3 rings (SSSR count). The normalized spacial score (nSPS) is 12.0. The minimum absolute atomic E-state index is 0.0255. The Morgan fingerprint density at radius 2 is 1.54 bits per heavy atom. The van der Waals surface area contributed by atoms with Crippen LogP contribution in [0, 0.1) is 0 Å². The second kappa shape index (κ2) is 15.1. The first kappa shape index (κ1) is 33.0. The molecular weight excluding hydrogens is 628 g/mol. The van der Waals surface area contributed by atoms with Crippen molar-refractivity contribution in [2.45, 2.75) is 38.8 Å². The highest BCUT2D eigenvalue weighted by atomic mass is 35.5. The van der Waals surface area contributed by atoms with Crippen LogP contribution in [0.1, 0.15) is 30.9 Å². The largest absolute Gasteiger partial charge is 0.354 e. The second-order valence-electron chi connectivity index (χ2n) is 9.52. The number of anilines is 1. The van der Waals surface area contributed by atoms with Gasteiger partial charge in [-0.25, -0.2) is 8.42 Å². The van der Waals surface area contributed by atoms with Crippen molar-refractivity contribution < 1.29 is 18.0 Å². The molecule has 0 saturated carbocycles. The lowest BCUT2D eigenvalue weighted by Crippen LogP contribution is -2.53. The predicted molar refractivity (Wildman–Crippen MR) is 168 cm³/mol. The molecule has 0 aliphatic carbocycles. The van der Waals surface area contributed by atoms with Gasteiger partial charge in [0.05, 0.1) is 22.0 Å². The number of hydrogen-bond acceptors (Lipinski definition) is 4. The van der Waals surface area contributed by atoms with E-state index >= 15 is 0 Å². The van der Waals surface area contributed by atoms with Crippen molar-refractivity contribution in [1.82, 2.24) is 10.2 Å². The van der Waals surface area contributed by atoms with Crippen LogP contribution in [0.25, 0.3) is 0 Å². The molecule has 0 aliphatic rings. The Hall–Kier alpha value is -2.49. The summed E-state index contributed by atoms with van der Waals surface area (Å²) in [6.45, 7) is 1.83. The van der Waals surface area contributed by atoms with Gasteiger partial charge in [0.15, 0.2) is 0 Å². The summed E-state index contributed by atoms with van der Waals surface area (Å²) < 4.78 is 26.7. The molecular formula is C29H31Cl4N3O4S. The number of unbranched alkanes of at least 4 members (excludes halogenated alkanes) is 1. The van der Waals surface area contributed by atoms with E-state index in [2.05, 4.69) is 5.32 Å². The SMILES string of the molecule is CCCCNC(=O)C(Cc1ccccc1)N(Cc1ccc(Cl)c(Cl)c1)C(=O)CN(c1cc(Cl)cc(Cl)c1)S(C)(=O)=O. The number of nitrogens with one attached hydrogen (secondary N) is 1. The third kappa shape index (κ3) is 9.79. The fraction of sp³-hybridized carbons (Fsp3) is 0.310. The molecule has 0 fully saturated rings. The average molecular weight is 659 g/mol. The number of rotatable bonds is 13. The first-order valence-corrected chi connectivity index (χ1v) is 16.2. The zero-order valence-corrected chi connectivity index (χ0v) is 26.5. The summed E-state index contributed by atoms with van der Waals surface area (Å²) in [6, 6.07) is 17.5. The van der Waals surface area contributed by atoms with Gasteiger partial charge in [-0.15, -0.1) is 0 Å². The summed E-state index contributed by atoms with van der Waals surface area (Å²) in [5.41, 5.74) is 1.57. The van der Waals surface area contributed by atoms with E-state index in [9.17, 15) is 18.0 Å². The van der Waals surface area contributed by atoms with Crippen LogP contribution in [-0.2, 0) is 32.6 Å². The fourth-order valence-corrected chi connectivity index (χ4v) is 5.86. The van der Waals surface area contributed by atoms with E-state index in [1.54, 1.807) is 18.2 Å². The van der Waals surface area contributed by atoms with Gasteiger partial charge in [0.1, 0.15) is 12.6 Å². The topological polar surface area (TPSA) is 86.8 Å². The molecule has 0 aliphatic heterocycles. The van der Waals surface area contributed by atoms with E-state index in [4.69, 9.17) is 46.4 Å². The highest BCUT2D eigenvalue weighted by Gasteiger charge is 2.33. The number of nitrogens with zero attached hydrogens (tertiary/aromatic N) is 2. The van der Waals surface area contributed by atoms with E-state index in [0.29, 0.717) is 17.1 Å². The van der Waals surface area contributed by atoms with Crippen LogP contribution in [0.2, 0.25) is 20.1 Å². The quantitative estimate of drug-likeness (QED) is 0.209. The van der Waals surface area contributed by atoms with Crippen molar-refractivity contribution in [3.05, 3.63) is 97.9 Å². The van der Waals surface area contributed by atoms with Gasteiger partial charge in [0.25, 0.3) is 0 Å². The lowest BCUT2D eigenvalue weighted by Gasteiger charge is -2.33. The highest BCUT2D eigenvalue weighted by molar-refractivity contribution is 7.92. The highest BCUT2D eigenvalue weighted by Crippen LogP contribution is 2.28. The summed E-state index contributed by atoms with van der Waals surface area (Å²) in [4.78, 5) is 29.1. The Balaban J connectivity index is 2.07. The molecule has 0 saturated heterocycles. The van der Waals surface area contributed by atoms with Crippen LogP contribution in [0.4, 0.5) is 5.69 Å². The van der Waals surface area contributed by atoms with Crippen molar-refractivity contribution >= 4 is 73.9 Å². The standard InChI is InChI=1S/C29H31Cl4N3O4S/c1-3-4-12-34-29(38)27(14-20-8-6-5-7-9-20)35(18-21-10-11-25(32)26(33)13-21)28(37)19-36(41(2,39)40)24-16-22(30)15-23(31)17-24/h5-11,13,15-17,27H,3-4,12,14,18-19H2,1-2H3,(H,34,38). The molecule has 1 N–H and O–H groups in total. The number of carbonyl (C=O) groups excluding carboxylic acids is 2. The molecule has 0 heterocycles. The number of amides is 2. The van der Waals surface area contributed by atoms with Gasteiger partial charge in [-0.05, 0) is 47.9 Å². The van der Waals surface area contributed by atoms with Crippen LogP contribution in [0.15, 0.2) is 66.7 Å². The first-order valence-electron chi connectivity index (χ1n) is 12.9. The predicted octanol–water partition coefficient (Wildman–Crippen LogP) is 6.62. The maximum atomic E-state index is 14.1. The molecule has 0 bridgehead atoms. The fourth-order valence-electron chi connectivity index (χ4n) is 4.19. The third-order valence-corrected chi connectivity index (χ3v) is 8.57. The molecule has 1 atom stereocenters. The van der Waals surface area contributed by atoms with Crippen molar-refractivity contribution in [3.63, 3.8) is 0 Å². The molecule has 1 unspecified atom stereocenters. The Morgan fingerprint density at radius 1 is 0.878 bits per heavy atom. The summed E-state index contributed by atoms with van der Waals surface area (Å²) in [5.74, 6) is -0.961. The lowest BCUT2D eigenvalue weighted by molar-refractivity contribution is -0.140. The van der Waals surface area contributed by atoms with Crippen molar-refractivity contribution in [3.8, 4) is 0 Å². The van der Waals surface area contributed by atoms with Crippen LogP contribution in [-0.4, -0.2) is 50.5 Å². The number of carbonyl (C=O) groups is 2. The molecule has 7 nitrogen and oxygen atoms in total. The average Bonchev–Trinajstić information content (AvgIpc) is 2.90. The van der Waals surface area contributed by atoms with Crippen LogP contribution in [0.5, 0.6) is 0 Å². The summed E-state index contributed by atoms with van der Waals surface area (Å²) in [6.07, 6.45) is 2.83. The van der Waals surface area contributed by atoms with Gasteiger partial charge in [0.2, 0.25) is 21.8 Å². The molecule has 220 valence electrons. The molecule has 12 heteroatoms. The molecule has 3 aromatic carbocycles. The van der Waals surface area contributed by atoms with E-state index < -0.39 is 28.5 Å². The molecule has 0 spiro atoms. The second-order valence-corrected chi connectivity index (χ2v) is 13.1. The minimum atomic E-state index is -3.96. The maximum absolute atomic E-state index is 14.1. The van der Waals surface area contributed by atoms with Crippen molar-refractivity contribution in [1.29, 1.82) is 0 Å². The Bertz CT molecular complexity index is 1450. The minimum Gasteiger partial charge on any atom is -0.354 e. The molecule has 41 heavy (non-hydrogen) atoms. The first-order chi connectivity index (χ1) is 19.4. The lowest BCUT2D eigenvalue weighted by atomic mass is 10.0. The number of sulfonamides is 1. The number of hydrogen-bond donors (Lipinski definition) is 1. The Kier molecular flexibility index (Phi) is 12.2. The summed E-state index contributed by atoms with van der Waals surface area (Å²) in [7, 11) is -3.96. The zero-order chi connectivity index (χ0) is 30.2. The molecule has 0 aromatic heterocycles. The van der Waals surface area contributed by atoms with E-state index in [-0.39, 0.29) is 39.6 Å². The van der Waals surface area contributed by atoms with E-state index in [1.807, 2.05) is 37.3 Å².